The lowest BCUT2D eigenvalue weighted by Crippen LogP contribution is -2.16. The quantitative estimate of drug-likeness (QED) is 0.844. The van der Waals surface area contributed by atoms with Crippen LogP contribution in [0.2, 0.25) is 0 Å². The summed E-state index contributed by atoms with van der Waals surface area (Å²) in [6.07, 6.45) is 3.37. The molecule has 1 aromatic heterocycles. The number of rotatable bonds is 6. The maximum atomic E-state index is 12.0. The standard InChI is InChI=1S/C19H21N3O3/c23-18(12-13-4-2-1-3-5-13)20-17-9-8-16(21-22-17)11-14-6-7-15(10-14)19(24)25/h1-5,8-9,14-15H,6-7,10-12H2,(H,24,25)(H,20,22,23)/t14-,15+/m0/s1. The number of carboxylic acid groups (broad SMARTS) is 1. The smallest absolute Gasteiger partial charge is 0.306 e. The number of aliphatic carboxylic acids is 1. The molecule has 0 unspecified atom stereocenters. The van der Waals surface area contributed by atoms with Crippen molar-refractivity contribution in [3.05, 3.63) is 53.7 Å². The molecule has 0 saturated heterocycles. The van der Waals surface area contributed by atoms with Crippen molar-refractivity contribution in [1.29, 1.82) is 0 Å². The van der Waals surface area contributed by atoms with Gasteiger partial charge in [-0.15, -0.1) is 5.10 Å². The Bertz CT molecular complexity index is 731. The third-order valence-electron chi connectivity index (χ3n) is 4.58. The first-order valence-electron chi connectivity index (χ1n) is 8.49. The van der Waals surface area contributed by atoms with Gasteiger partial charge in [-0.3, -0.25) is 9.59 Å². The van der Waals surface area contributed by atoms with Gasteiger partial charge in [0.15, 0.2) is 5.82 Å². The predicted octanol–water partition coefficient (Wildman–Crippen LogP) is 2.70. The highest BCUT2D eigenvalue weighted by molar-refractivity contribution is 5.91. The number of nitrogens with one attached hydrogen (secondary N) is 1. The predicted molar refractivity (Wildman–Crippen MR) is 93.0 cm³/mol. The Hall–Kier alpha value is -2.76. The van der Waals surface area contributed by atoms with Crippen LogP contribution < -0.4 is 5.32 Å². The molecule has 1 amide bonds. The van der Waals surface area contributed by atoms with E-state index in [4.69, 9.17) is 5.11 Å². The van der Waals surface area contributed by atoms with E-state index in [-0.39, 0.29) is 11.8 Å². The molecule has 2 aromatic rings. The van der Waals surface area contributed by atoms with Crippen molar-refractivity contribution in [3.8, 4) is 0 Å². The highest BCUT2D eigenvalue weighted by Crippen LogP contribution is 2.32. The summed E-state index contributed by atoms with van der Waals surface area (Å²) >= 11 is 0. The second kappa shape index (κ2) is 7.88. The zero-order valence-corrected chi connectivity index (χ0v) is 13.9. The van der Waals surface area contributed by atoms with Gasteiger partial charge in [0.1, 0.15) is 0 Å². The highest BCUT2D eigenvalue weighted by Gasteiger charge is 2.29. The van der Waals surface area contributed by atoms with Crippen LogP contribution in [0.25, 0.3) is 0 Å². The van der Waals surface area contributed by atoms with Crippen molar-refractivity contribution in [1.82, 2.24) is 10.2 Å². The van der Waals surface area contributed by atoms with Gasteiger partial charge in [-0.05, 0) is 49.3 Å². The molecule has 0 bridgehead atoms. The molecule has 0 aliphatic heterocycles. The van der Waals surface area contributed by atoms with Crippen LogP contribution in [0.3, 0.4) is 0 Å². The number of hydrogen-bond acceptors (Lipinski definition) is 4. The van der Waals surface area contributed by atoms with E-state index in [1.165, 1.54) is 0 Å². The SMILES string of the molecule is O=C(Cc1ccccc1)Nc1ccc(C[C@H]2CC[C@@H](C(=O)O)C2)nn1. The number of hydrogen-bond donors (Lipinski definition) is 2. The van der Waals surface area contributed by atoms with Crippen molar-refractivity contribution in [2.24, 2.45) is 11.8 Å². The van der Waals surface area contributed by atoms with E-state index in [2.05, 4.69) is 15.5 Å². The Labute approximate surface area is 146 Å². The normalized spacial score (nSPS) is 19.5. The molecular formula is C19H21N3O3. The lowest BCUT2D eigenvalue weighted by Gasteiger charge is -2.09. The summed E-state index contributed by atoms with van der Waals surface area (Å²) in [6.45, 7) is 0. The van der Waals surface area contributed by atoms with Crippen LogP contribution in [0.1, 0.15) is 30.5 Å². The van der Waals surface area contributed by atoms with Gasteiger partial charge in [0.25, 0.3) is 0 Å². The fourth-order valence-corrected chi connectivity index (χ4v) is 3.28. The number of carbonyl (C=O) groups excluding carboxylic acids is 1. The average Bonchev–Trinajstić information content (AvgIpc) is 3.06. The summed E-state index contributed by atoms with van der Waals surface area (Å²) < 4.78 is 0. The van der Waals surface area contributed by atoms with E-state index in [9.17, 15) is 9.59 Å². The third kappa shape index (κ3) is 4.86. The minimum Gasteiger partial charge on any atom is -0.481 e. The highest BCUT2D eigenvalue weighted by atomic mass is 16.4. The van der Waals surface area contributed by atoms with Gasteiger partial charge in [0.2, 0.25) is 5.91 Å². The molecule has 1 heterocycles. The Kier molecular flexibility index (Phi) is 5.38. The number of nitrogens with zero attached hydrogens (tertiary/aromatic N) is 2. The fraction of sp³-hybridized carbons (Fsp3) is 0.368. The topological polar surface area (TPSA) is 92.2 Å². The van der Waals surface area contributed by atoms with Crippen LogP contribution in [-0.2, 0) is 22.4 Å². The first kappa shape index (κ1) is 17.1. The monoisotopic (exact) mass is 339 g/mol. The summed E-state index contributed by atoms with van der Waals surface area (Å²) in [7, 11) is 0. The number of benzene rings is 1. The van der Waals surface area contributed by atoms with Crippen LogP contribution in [-0.4, -0.2) is 27.2 Å². The summed E-state index contributed by atoms with van der Waals surface area (Å²) in [5.74, 6) is -0.290. The van der Waals surface area contributed by atoms with Gasteiger partial charge < -0.3 is 10.4 Å². The van der Waals surface area contributed by atoms with Crippen LogP contribution in [0.5, 0.6) is 0 Å². The number of anilines is 1. The van der Waals surface area contributed by atoms with Crippen molar-refractivity contribution in [2.45, 2.75) is 32.1 Å². The molecule has 1 saturated carbocycles. The number of aromatic nitrogens is 2. The molecule has 0 radical (unpaired) electrons. The van der Waals surface area contributed by atoms with Crippen molar-refractivity contribution >= 4 is 17.7 Å². The van der Waals surface area contributed by atoms with E-state index < -0.39 is 5.97 Å². The molecule has 1 aliphatic carbocycles. The molecule has 25 heavy (non-hydrogen) atoms. The Morgan fingerprint density at radius 3 is 2.52 bits per heavy atom. The maximum Gasteiger partial charge on any atom is 0.306 e. The molecule has 6 heteroatoms. The summed E-state index contributed by atoms with van der Waals surface area (Å²) in [5, 5.41) is 20.0. The number of amides is 1. The van der Waals surface area contributed by atoms with Crippen molar-refractivity contribution in [3.63, 3.8) is 0 Å². The minimum atomic E-state index is -0.704. The summed E-state index contributed by atoms with van der Waals surface area (Å²) in [6, 6.07) is 13.1. The minimum absolute atomic E-state index is 0.131. The Morgan fingerprint density at radius 2 is 1.88 bits per heavy atom. The number of carboxylic acids is 1. The molecule has 3 rings (SSSR count). The van der Waals surface area contributed by atoms with E-state index >= 15 is 0 Å². The Morgan fingerprint density at radius 1 is 1.08 bits per heavy atom. The van der Waals surface area contributed by atoms with Crippen LogP contribution >= 0.6 is 0 Å². The molecular weight excluding hydrogens is 318 g/mol. The largest absolute Gasteiger partial charge is 0.481 e. The average molecular weight is 339 g/mol. The zero-order chi connectivity index (χ0) is 17.6. The Balaban J connectivity index is 1.50. The van der Waals surface area contributed by atoms with Crippen molar-refractivity contribution in [2.75, 3.05) is 5.32 Å². The van der Waals surface area contributed by atoms with Gasteiger partial charge in [0.05, 0.1) is 18.0 Å². The molecule has 1 aromatic carbocycles. The first-order chi connectivity index (χ1) is 12.1. The fourth-order valence-electron chi connectivity index (χ4n) is 3.28. The zero-order valence-electron chi connectivity index (χ0n) is 13.9. The van der Waals surface area contributed by atoms with Gasteiger partial charge >= 0.3 is 5.97 Å². The van der Waals surface area contributed by atoms with E-state index in [1.807, 2.05) is 36.4 Å². The van der Waals surface area contributed by atoms with Gasteiger partial charge in [-0.2, -0.15) is 5.10 Å². The van der Waals surface area contributed by atoms with Gasteiger partial charge in [-0.25, -0.2) is 0 Å². The van der Waals surface area contributed by atoms with Crippen LogP contribution in [0.15, 0.2) is 42.5 Å². The maximum absolute atomic E-state index is 12.0. The molecule has 1 fully saturated rings. The second-order valence-electron chi connectivity index (χ2n) is 6.54. The summed E-state index contributed by atoms with van der Waals surface area (Å²) in [4.78, 5) is 23.0. The van der Waals surface area contributed by atoms with Gasteiger partial charge in [0, 0.05) is 0 Å². The van der Waals surface area contributed by atoms with Gasteiger partial charge in [-0.1, -0.05) is 30.3 Å². The molecule has 1 aliphatic rings. The van der Waals surface area contributed by atoms with E-state index in [1.54, 1.807) is 6.07 Å². The lowest BCUT2D eigenvalue weighted by atomic mass is 10.00. The molecule has 130 valence electrons. The first-order valence-corrected chi connectivity index (χ1v) is 8.49. The third-order valence-corrected chi connectivity index (χ3v) is 4.58. The molecule has 6 nitrogen and oxygen atoms in total. The van der Waals surface area contributed by atoms with E-state index in [0.717, 1.165) is 30.5 Å². The lowest BCUT2D eigenvalue weighted by molar-refractivity contribution is -0.141. The van der Waals surface area contributed by atoms with Crippen LogP contribution in [0.4, 0.5) is 5.82 Å². The van der Waals surface area contributed by atoms with E-state index in [0.29, 0.717) is 24.6 Å². The second-order valence-corrected chi connectivity index (χ2v) is 6.54. The van der Waals surface area contributed by atoms with Crippen molar-refractivity contribution < 1.29 is 14.7 Å². The van der Waals surface area contributed by atoms with Crippen LogP contribution in [0, 0.1) is 11.8 Å². The summed E-state index contributed by atoms with van der Waals surface area (Å²) in [5.41, 5.74) is 1.77. The molecule has 2 atom stereocenters. The molecule has 2 N–H and O–H groups in total. The number of carbonyl (C=O) groups is 2. The molecule has 0 spiro atoms.